The van der Waals surface area contributed by atoms with Crippen molar-refractivity contribution >= 4 is 28.7 Å². The molecule has 1 spiro atoms. The Morgan fingerprint density at radius 1 is 0.308 bits per heavy atom. The number of nitrogens with zero attached hydrogens (tertiary/aromatic N) is 1. The van der Waals surface area contributed by atoms with Crippen LogP contribution in [-0.2, 0) is 10.8 Å². The molecule has 0 saturated heterocycles. The van der Waals surface area contributed by atoms with E-state index < -0.39 is 10.8 Å². The average Bonchev–Trinajstić information content (AvgIpc) is 3.49. The number of hydrogen-bond acceptors (Lipinski definition) is 1. The van der Waals surface area contributed by atoms with Crippen molar-refractivity contribution in [2.75, 3.05) is 4.90 Å². The molecule has 246 valence electrons. The van der Waals surface area contributed by atoms with Crippen LogP contribution in [0.15, 0.2) is 206 Å². The first-order valence-corrected chi connectivity index (χ1v) is 18.3. The number of fused-ring (bicyclic) bond motifs is 9. The monoisotopic (exact) mass is 683 g/mol. The van der Waals surface area contributed by atoms with Gasteiger partial charge in [-0.15, -0.1) is 0 Å². The van der Waals surface area contributed by atoms with Crippen molar-refractivity contribution < 1.29 is 0 Å². The SMILES string of the molecule is Clc1ccc2c(c1)C1(c3cc(N(c4ccccc4)c4ccccc4)ccc3-2)c2ccccc2C(c2ccccc2)(c2ccccc2)c2ccccc21. The molecule has 0 aromatic heterocycles. The third kappa shape index (κ3) is 4.24. The van der Waals surface area contributed by atoms with Crippen LogP contribution in [0.4, 0.5) is 17.1 Å². The molecule has 0 radical (unpaired) electrons. The first-order valence-electron chi connectivity index (χ1n) is 17.9. The summed E-state index contributed by atoms with van der Waals surface area (Å²) in [6.07, 6.45) is 0. The molecule has 1 nitrogen and oxygen atoms in total. The lowest BCUT2D eigenvalue weighted by molar-refractivity contribution is 0.623. The molecule has 0 heterocycles. The van der Waals surface area contributed by atoms with Crippen LogP contribution in [0.5, 0.6) is 0 Å². The molecule has 0 atom stereocenters. The molecule has 0 amide bonds. The van der Waals surface area contributed by atoms with E-state index in [1.54, 1.807) is 0 Å². The van der Waals surface area contributed by atoms with Crippen LogP contribution in [0.2, 0.25) is 5.02 Å². The van der Waals surface area contributed by atoms with E-state index in [0.717, 1.165) is 22.1 Å². The Hall–Kier alpha value is -6.15. The van der Waals surface area contributed by atoms with E-state index in [4.69, 9.17) is 11.6 Å². The molecule has 0 bridgehead atoms. The van der Waals surface area contributed by atoms with E-state index in [9.17, 15) is 0 Å². The van der Waals surface area contributed by atoms with Gasteiger partial charge in [0.05, 0.1) is 10.8 Å². The number of hydrogen-bond donors (Lipinski definition) is 0. The third-order valence-corrected chi connectivity index (χ3v) is 11.5. The first-order chi connectivity index (χ1) is 25.7. The zero-order valence-electron chi connectivity index (χ0n) is 28.5. The van der Waals surface area contributed by atoms with Gasteiger partial charge in [0.15, 0.2) is 0 Å². The summed E-state index contributed by atoms with van der Waals surface area (Å²) in [5.41, 5.74) is 14.6. The van der Waals surface area contributed by atoms with Gasteiger partial charge in [-0.2, -0.15) is 0 Å². The van der Waals surface area contributed by atoms with Gasteiger partial charge >= 0.3 is 0 Å². The predicted octanol–water partition coefficient (Wildman–Crippen LogP) is 12.9. The molecule has 0 fully saturated rings. The van der Waals surface area contributed by atoms with E-state index in [2.05, 4.69) is 205 Å². The van der Waals surface area contributed by atoms with Gasteiger partial charge in [0.1, 0.15) is 0 Å². The molecule has 0 N–H and O–H groups in total. The second-order valence-corrected chi connectivity index (χ2v) is 14.2. The van der Waals surface area contributed by atoms with Gasteiger partial charge in [0.2, 0.25) is 0 Å². The van der Waals surface area contributed by atoms with Gasteiger partial charge in [-0.25, -0.2) is 0 Å². The summed E-state index contributed by atoms with van der Waals surface area (Å²) in [6, 6.07) is 75.2. The minimum Gasteiger partial charge on any atom is -0.310 e. The number of halogens is 1. The smallest absolute Gasteiger partial charge is 0.0721 e. The molecular weight excluding hydrogens is 650 g/mol. The molecule has 0 aliphatic heterocycles. The lowest BCUT2D eigenvalue weighted by Crippen LogP contribution is -2.44. The Labute approximate surface area is 310 Å². The summed E-state index contributed by atoms with van der Waals surface area (Å²) in [5, 5.41) is 0.735. The van der Waals surface area contributed by atoms with Crippen molar-refractivity contribution in [1.29, 1.82) is 0 Å². The van der Waals surface area contributed by atoms with Crippen LogP contribution < -0.4 is 4.90 Å². The van der Waals surface area contributed by atoms with E-state index >= 15 is 0 Å². The fourth-order valence-electron chi connectivity index (χ4n) is 9.33. The van der Waals surface area contributed by atoms with Crippen LogP contribution in [-0.4, -0.2) is 0 Å². The van der Waals surface area contributed by atoms with Gasteiger partial charge in [-0.3, -0.25) is 0 Å². The topological polar surface area (TPSA) is 3.24 Å². The quantitative estimate of drug-likeness (QED) is 0.174. The van der Waals surface area contributed by atoms with Crippen LogP contribution in [0, 0.1) is 0 Å². The minimum atomic E-state index is -0.634. The van der Waals surface area contributed by atoms with Crippen molar-refractivity contribution in [2.45, 2.75) is 10.8 Å². The normalized spacial score (nSPS) is 14.2. The summed E-state index contributed by atoms with van der Waals surface area (Å²) in [4.78, 5) is 2.36. The Morgan fingerprint density at radius 2 is 0.692 bits per heavy atom. The van der Waals surface area contributed by atoms with Gasteiger partial charge in [0.25, 0.3) is 0 Å². The van der Waals surface area contributed by atoms with Crippen LogP contribution in [0.1, 0.15) is 44.5 Å². The standard InChI is InChI=1S/C50H34ClN/c51-37-29-31-41-42-32-30-40(52(38-21-9-3-10-22-38)39-23-11-4-12-24-39)34-48(42)50(47(41)33-37)45-27-15-13-25-43(45)49(35-17-5-1-6-18-35,36-19-7-2-8-20-36)44-26-14-16-28-46(44)50/h1-34H. The highest BCUT2D eigenvalue weighted by Gasteiger charge is 2.56. The molecule has 8 aromatic rings. The maximum Gasteiger partial charge on any atom is 0.0721 e. The van der Waals surface area contributed by atoms with Gasteiger partial charge in [-0.05, 0) is 104 Å². The molecule has 0 saturated carbocycles. The van der Waals surface area contributed by atoms with E-state index in [-0.39, 0.29) is 0 Å². The highest BCUT2D eigenvalue weighted by atomic mass is 35.5. The second kappa shape index (κ2) is 12.0. The van der Waals surface area contributed by atoms with Crippen LogP contribution >= 0.6 is 11.6 Å². The van der Waals surface area contributed by atoms with Crippen molar-refractivity contribution in [2.24, 2.45) is 0 Å². The van der Waals surface area contributed by atoms with Crippen molar-refractivity contribution in [1.82, 2.24) is 0 Å². The lowest BCUT2D eigenvalue weighted by Gasteiger charge is -2.50. The first kappa shape index (κ1) is 30.7. The summed E-state index contributed by atoms with van der Waals surface area (Å²) in [6.45, 7) is 0. The van der Waals surface area contributed by atoms with Crippen LogP contribution in [0.3, 0.4) is 0 Å². The van der Waals surface area contributed by atoms with E-state index in [1.807, 2.05) is 6.07 Å². The number of rotatable bonds is 5. The van der Waals surface area contributed by atoms with Crippen LogP contribution in [0.25, 0.3) is 11.1 Å². The largest absolute Gasteiger partial charge is 0.310 e. The predicted molar refractivity (Wildman–Crippen MR) is 215 cm³/mol. The van der Waals surface area contributed by atoms with Gasteiger partial charge < -0.3 is 4.90 Å². The highest BCUT2D eigenvalue weighted by Crippen LogP contribution is 2.65. The molecule has 0 unspecified atom stereocenters. The summed E-state index contributed by atoms with van der Waals surface area (Å²) in [7, 11) is 0. The van der Waals surface area contributed by atoms with Crippen molar-refractivity contribution in [3.8, 4) is 11.1 Å². The van der Waals surface area contributed by atoms with E-state index in [1.165, 1.54) is 55.6 Å². The fourth-order valence-corrected chi connectivity index (χ4v) is 9.51. The molecule has 10 rings (SSSR count). The zero-order chi connectivity index (χ0) is 34.7. The molecule has 2 aliphatic carbocycles. The van der Waals surface area contributed by atoms with E-state index in [0.29, 0.717) is 0 Å². The van der Waals surface area contributed by atoms with Gasteiger partial charge in [0, 0.05) is 22.1 Å². The minimum absolute atomic E-state index is 0.555. The maximum atomic E-state index is 7.00. The van der Waals surface area contributed by atoms with Crippen molar-refractivity contribution in [3.63, 3.8) is 0 Å². The number of benzene rings is 8. The summed E-state index contributed by atoms with van der Waals surface area (Å²) in [5.74, 6) is 0. The highest BCUT2D eigenvalue weighted by molar-refractivity contribution is 6.30. The Kier molecular flexibility index (Phi) is 7.06. The lowest BCUT2D eigenvalue weighted by atomic mass is 9.51. The van der Waals surface area contributed by atoms with Gasteiger partial charge in [-0.1, -0.05) is 169 Å². The van der Waals surface area contributed by atoms with Crippen molar-refractivity contribution in [3.05, 3.63) is 256 Å². The molecular formula is C50H34ClN. The molecule has 8 aromatic carbocycles. The fraction of sp³-hybridized carbons (Fsp3) is 0.0400. The number of para-hydroxylation sites is 2. The third-order valence-electron chi connectivity index (χ3n) is 11.3. The Bertz CT molecular complexity index is 2450. The Morgan fingerprint density at radius 3 is 1.17 bits per heavy atom. The zero-order valence-corrected chi connectivity index (χ0v) is 29.2. The average molecular weight is 684 g/mol. The molecule has 52 heavy (non-hydrogen) atoms. The second-order valence-electron chi connectivity index (χ2n) is 13.7. The maximum absolute atomic E-state index is 7.00. The molecule has 2 aliphatic rings. The molecule has 2 heteroatoms. The number of anilines is 3. The summed E-state index contributed by atoms with van der Waals surface area (Å²) < 4.78 is 0. The Balaban J connectivity index is 1.35. The summed E-state index contributed by atoms with van der Waals surface area (Å²) >= 11 is 7.00.